The molecule has 0 N–H and O–H groups in total. The van der Waals surface area contributed by atoms with Crippen LogP contribution in [0.15, 0.2) is 24.3 Å². The van der Waals surface area contributed by atoms with Crippen LogP contribution < -0.4 is 0 Å². The summed E-state index contributed by atoms with van der Waals surface area (Å²) in [5.41, 5.74) is 2.30. The molecule has 0 aliphatic carbocycles. The maximum absolute atomic E-state index is 9.25. The van der Waals surface area contributed by atoms with Gasteiger partial charge < -0.3 is 4.74 Å². The molecular formula is C14H17NO. The lowest BCUT2D eigenvalue weighted by molar-refractivity contribution is 0.171. The molecule has 2 heteroatoms. The zero-order valence-electron chi connectivity index (χ0n) is 9.70. The SMILES string of the molecule is CCc1ccc(CC2(C#N)CCOC2)cc1. The average Bonchev–Trinajstić information content (AvgIpc) is 2.79. The predicted octanol–water partition coefficient (Wildman–Crippen LogP) is 2.72. The van der Waals surface area contributed by atoms with Gasteiger partial charge in [-0.3, -0.25) is 0 Å². The van der Waals surface area contributed by atoms with Crippen LogP contribution in [0.1, 0.15) is 24.5 Å². The second-order valence-corrected chi connectivity index (χ2v) is 4.54. The van der Waals surface area contributed by atoms with Gasteiger partial charge in [0.15, 0.2) is 0 Å². The van der Waals surface area contributed by atoms with Crippen LogP contribution >= 0.6 is 0 Å². The van der Waals surface area contributed by atoms with E-state index in [1.54, 1.807) is 0 Å². The van der Waals surface area contributed by atoms with E-state index >= 15 is 0 Å². The zero-order chi connectivity index (χ0) is 11.4. The molecule has 2 rings (SSSR count). The minimum Gasteiger partial charge on any atom is -0.380 e. The number of aryl methyl sites for hydroxylation is 1. The van der Waals surface area contributed by atoms with Gasteiger partial charge in [-0.15, -0.1) is 0 Å². The molecule has 0 spiro atoms. The fourth-order valence-corrected chi connectivity index (χ4v) is 2.16. The first-order valence-electron chi connectivity index (χ1n) is 5.85. The highest BCUT2D eigenvalue weighted by atomic mass is 16.5. The van der Waals surface area contributed by atoms with E-state index in [0.29, 0.717) is 6.61 Å². The van der Waals surface area contributed by atoms with E-state index in [1.165, 1.54) is 11.1 Å². The monoisotopic (exact) mass is 215 g/mol. The third kappa shape index (κ3) is 2.25. The largest absolute Gasteiger partial charge is 0.380 e. The van der Waals surface area contributed by atoms with Crippen LogP contribution in [-0.4, -0.2) is 13.2 Å². The van der Waals surface area contributed by atoms with Crippen LogP contribution in [0.5, 0.6) is 0 Å². The Morgan fingerprint density at radius 2 is 2.00 bits per heavy atom. The number of nitriles is 1. The van der Waals surface area contributed by atoms with E-state index in [1.807, 2.05) is 0 Å². The quantitative estimate of drug-likeness (QED) is 0.776. The third-order valence-electron chi connectivity index (χ3n) is 3.31. The van der Waals surface area contributed by atoms with Gasteiger partial charge in [0, 0.05) is 6.61 Å². The second kappa shape index (κ2) is 4.67. The van der Waals surface area contributed by atoms with E-state index in [0.717, 1.165) is 25.9 Å². The van der Waals surface area contributed by atoms with Crippen molar-refractivity contribution in [3.05, 3.63) is 35.4 Å². The third-order valence-corrected chi connectivity index (χ3v) is 3.31. The Balaban J connectivity index is 2.11. The van der Waals surface area contributed by atoms with Crippen LogP contribution in [0, 0.1) is 16.7 Å². The van der Waals surface area contributed by atoms with Crippen molar-refractivity contribution < 1.29 is 4.74 Å². The lowest BCUT2D eigenvalue weighted by Gasteiger charge is -2.18. The van der Waals surface area contributed by atoms with E-state index in [4.69, 9.17) is 4.74 Å². The highest BCUT2D eigenvalue weighted by Crippen LogP contribution is 2.31. The molecule has 0 amide bonds. The molecule has 1 aliphatic rings. The fourth-order valence-electron chi connectivity index (χ4n) is 2.16. The smallest absolute Gasteiger partial charge is 0.0868 e. The van der Waals surface area contributed by atoms with E-state index in [2.05, 4.69) is 37.3 Å². The van der Waals surface area contributed by atoms with Gasteiger partial charge in [0.05, 0.1) is 18.1 Å². The lowest BCUT2D eigenvalue weighted by Crippen LogP contribution is -2.21. The first-order chi connectivity index (χ1) is 7.78. The summed E-state index contributed by atoms with van der Waals surface area (Å²) < 4.78 is 5.35. The first kappa shape index (κ1) is 11.2. The first-order valence-corrected chi connectivity index (χ1v) is 5.85. The van der Waals surface area contributed by atoms with Gasteiger partial charge in [-0.25, -0.2) is 0 Å². The Kier molecular flexibility index (Phi) is 3.26. The predicted molar refractivity (Wildman–Crippen MR) is 63.0 cm³/mol. The van der Waals surface area contributed by atoms with E-state index < -0.39 is 0 Å². The molecule has 84 valence electrons. The van der Waals surface area contributed by atoms with Crippen molar-refractivity contribution in [2.75, 3.05) is 13.2 Å². The van der Waals surface area contributed by atoms with Crippen molar-refractivity contribution in [2.24, 2.45) is 5.41 Å². The van der Waals surface area contributed by atoms with E-state index in [9.17, 15) is 5.26 Å². The highest BCUT2D eigenvalue weighted by molar-refractivity contribution is 5.25. The van der Waals surface area contributed by atoms with Gasteiger partial charge in [0.25, 0.3) is 0 Å². The summed E-state index contributed by atoms with van der Waals surface area (Å²) in [4.78, 5) is 0. The maximum atomic E-state index is 9.25. The summed E-state index contributed by atoms with van der Waals surface area (Å²) in [5.74, 6) is 0. The van der Waals surface area contributed by atoms with Crippen molar-refractivity contribution in [3.63, 3.8) is 0 Å². The topological polar surface area (TPSA) is 33.0 Å². The molecule has 1 aliphatic heterocycles. The molecule has 1 saturated heterocycles. The Morgan fingerprint density at radius 3 is 2.50 bits per heavy atom. The van der Waals surface area contributed by atoms with Crippen LogP contribution in [-0.2, 0) is 17.6 Å². The number of nitrogens with zero attached hydrogens (tertiary/aromatic N) is 1. The normalized spacial score (nSPS) is 24.2. The number of rotatable bonds is 3. The molecule has 1 fully saturated rings. The molecule has 1 aromatic carbocycles. The molecule has 1 atom stereocenters. The molecule has 1 heterocycles. The molecule has 0 radical (unpaired) electrons. The average molecular weight is 215 g/mol. The number of hydrogen-bond donors (Lipinski definition) is 0. The van der Waals surface area contributed by atoms with Gasteiger partial charge in [0.2, 0.25) is 0 Å². The molecule has 0 aromatic heterocycles. The molecule has 2 nitrogen and oxygen atoms in total. The van der Waals surface area contributed by atoms with Crippen LogP contribution in [0.3, 0.4) is 0 Å². The van der Waals surface area contributed by atoms with Crippen molar-refractivity contribution in [1.29, 1.82) is 5.26 Å². The minimum atomic E-state index is -0.284. The number of benzene rings is 1. The minimum absolute atomic E-state index is 0.284. The number of ether oxygens (including phenoxy) is 1. The van der Waals surface area contributed by atoms with Gasteiger partial charge in [0.1, 0.15) is 0 Å². The Bertz CT molecular complexity index is 382. The highest BCUT2D eigenvalue weighted by Gasteiger charge is 2.35. The standard InChI is InChI=1S/C14H17NO/c1-2-12-3-5-13(6-4-12)9-14(10-15)7-8-16-11-14/h3-6H,2,7-9,11H2,1H3. The molecule has 1 unspecified atom stereocenters. The molecule has 1 aromatic rings. The Labute approximate surface area is 96.9 Å². The Hall–Kier alpha value is -1.33. The van der Waals surface area contributed by atoms with Gasteiger partial charge in [-0.05, 0) is 30.4 Å². The molecule has 0 bridgehead atoms. The van der Waals surface area contributed by atoms with Gasteiger partial charge >= 0.3 is 0 Å². The molecule has 16 heavy (non-hydrogen) atoms. The zero-order valence-corrected chi connectivity index (χ0v) is 9.70. The molecular weight excluding hydrogens is 198 g/mol. The fraction of sp³-hybridized carbons (Fsp3) is 0.500. The van der Waals surface area contributed by atoms with Crippen molar-refractivity contribution in [2.45, 2.75) is 26.2 Å². The van der Waals surface area contributed by atoms with Crippen LogP contribution in [0.4, 0.5) is 0 Å². The maximum Gasteiger partial charge on any atom is 0.0868 e. The van der Waals surface area contributed by atoms with Crippen molar-refractivity contribution in [3.8, 4) is 6.07 Å². The summed E-state index contributed by atoms with van der Waals surface area (Å²) in [5, 5.41) is 9.25. The van der Waals surface area contributed by atoms with Crippen molar-refractivity contribution in [1.82, 2.24) is 0 Å². The second-order valence-electron chi connectivity index (χ2n) is 4.54. The van der Waals surface area contributed by atoms with Crippen molar-refractivity contribution >= 4 is 0 Å². The van der Waals surface area contributed by atoms with E-state index in [-0.39, 0.29) is 5.41 Å². The summed E-state index contributed by atoms with van der Waals surface area (Å²) in [6.45, 7) is 3.45. The van der Waals surface area contributed by atoms with Crippen LogP contribution in [0.25, 0.3) is 0 Å². The van der Waals surface area contributed by atoms with Crippen LogP contribution in [0.2, 0.25) is 0 Å². The number of hydrogen-bond acceptors (Lipinski definition) is 2. The molecule has 0 saturated carbocycles. The van der Waals surface area contributed by atoms with Gasteiger partial charge in [-0.1, -0.05) is 31.2 Å². The summed E-state index contributed by atoms with van der Waals surface area (Å²) >= 11 is 0. The summed E-state index contributed by atoms with van der Waals surface area (Å²) in [7, 11) is 0. The summed E-state index contributed by atoms with van der Waals surface area (Å²) in [6.07, 6.45) is 2.74. The lowest BCUT2D eigenvalue weighted by atomic mass is 9.82. The Morgan fingerprint density at radius 1 is 1.31 bits per heavy atom. The summed E-state index contributed by atoms with van der Waals surface area (Å²) in [6, 6.07) is 11.0. The van der Waals surface area contributed by atoms with Gasteiger partial charge in [-0.2, -0.15) is 5.26 Å².